The molecule has 19 heavy (non-hydrogen) atoms. The van der Waals surface area contributed by atoms with Crippen LogP contribution in [0.25, 0.3) is 0 Å². The molecule has 0 spiro atoms. The van der Waals surface area contributed by atoms with Crippen LogP contribution in [0.5, 0.6) is 0 Å². The summed E-state index contributed by atoms with van der Waals surface area (Å²) in [5.74, 6) is -1.39. The second kappa shape index (κ2) is 6.40. The number of esters is 1. The number of amides is 2. The summed E-state index contributed by atoms with van der Waals surface area (Å²) in [6, 6.07) is -1.23. The lowest BCUT2D eigenvalue weighted by Gasteiger charge is -2.40. The minimum Gasteiger partial charge on any atom is -0.481 e. The van der Waals surface area contributed by atoms with Crippen molar-refractivity contribution >= 4 is 18.0 Å². The molecule has 7 nitrogen and oxygen atoms in total. The highest BCUT2D eigenvalue weighted by molar-refractivity contribution is 5.83. The predicted octanol–water partition coefficient (Wildman–Crippen LogP) is 0.492. The van der Waals surface area contributed by atoms with Gasteiger partial charge in [-0.25, -0.2) is 9.59 Å². The lowest BCUT2D eigenvalue weighted by Crippen LogP contribution is -2.49. The summed E-state index contributed by atoms with van der Waals surface area (Å²) in [6.45, 7) is 1.82. The summed E-state index contributed by atoms with van der Waals surface area (Å²) in [5.41, 5.74) is -0.336. The third kappa shape index (κ3) is 4.42. The van der Waals surface area contributed by atoms with E-state index in [0.29, 0.717) is 6.54 Å². The Labute approximate surface area is 111 Å². The minimum atomic E-state index is -0.857. The summed E-state index contributed by atoms with van der Waals surface area (Å²) in [6.07, 6.45) is 2.63. The lowest BCUT2D eigenvalue weighted by molar-refractivity contribution is -0.142. The normalized spacial score (nSPS) is 17.8. The van der Waals surface area contributed by atoms with Crippen molar-refractivity contribution in [2.75, 3.05) is 13.7 Å². The second-order valence-electron chi connectivity index (χ2n) is 5.00. The summed E-state index contributed by atoms with van der Waals surface area (Å²) in [5, 5.41) is 13.9. The van der Waals surface area contributed by atoms with Gasteiger partial charge in [0.2, 0.25) is 0 Å². The molecular weight excluding hydrogens is 252 g/mol. The zero-order valence-corrected chi connectivity index (χ0v) is 11.2. The molecule has 2 amide bonds. The summed E-state index contributed by atoms with van der Waals surface area (Å²) in [4.78, 5) is 33.5. The van der Waals surface area contributed by atoms with Crippen LogP contribution in [0.3, 0.4) is 0 Å². The molecule has 0 aromatic heterocycles. The Hall–Kier alpha value is -1.79. The number of methoxy groups -OCH3 is 1. The fraction of sp³-hybridized carbons (Fsp3) is 0.750. The van der Waals surface area contributed by atoms with Crippen LogP contribution in [0.15, 0.2) is 0 Å². The SMILES string of the molecule is COC(=O)C(C)NC(=O)NCC1(CC(=O)O)CCC1. The van der Waals surface area contributed by atoms with Crippen molar-refractivity contribution in [3.63, 3.8) is 0 Å². The molecule has 0 aliphatic heterocycles. The fourth-order valence-corrected chi connectivity index (χ4v) is 2.16. The third-order valence-electron chi connectivity index (χ3n) is 3.47. The van der Waals surface area contributed by atoms with E-state index >= 15 is 0 Å². The van der Waals surface area contributed by atoms with Crippen molar-refractivity contribution in [3.8, 4) is 0 Å². The Kier molecular flexibility index (Phi) is 5.14. The van der Waals surface area contributed by atoms with Crippen LogP contribution in [-0.2, 0) is 14.3 Å². The maximum Gasteiger partial charge on any atom is 0.328 e. The molecule has 0 aromatic carbocycles. The molecule has 0 heterocycles. The highest BCUT2D eigenvalue weighted by atomic mass is 16.5. The van der Waals surface area contributed by atoms with Gasteiger partial charge in [-0.05, 0) is 25.2 Å². The fourth-order valence-electron chi connectivity index (χ4n) is 2.16. The van der Waals surface area contributed by atoms with Crippen LogP contribution in [0, 0.1) is 5.41 Å². The number of rotatable bonds is 6. The van der Waals surface area contributed by atoms with Gasteiger partial charge in [-0.15, -0.1) is 0 Å². The first-order valence-corrected chi connectivity index (χ1v) is 6.22. The van der Waals surface area contributed by atoms with Gasteiger partial charge in [-0.3, -0.25) is 4.79 Å². The standard InChI is InChI=1S/C12H20N2O5/c1-8(10(17)19-2)14-11(18)13-7-12(4-3-5-12)6-9(15)16/h8H,3-7H2,1-2H3,(H,15,16)(H2,13,14,18). The first-order valence-electron chi connectivity index (χ1n) is 6.22. The first kappa shape index (κ1) is 15.3. The largest absolute Gasteiger partial charge is 0.481 e. The number of urea groups is 1. The van der Waals surface area contributed by atoms with Crippen molar-refractivity contribution in [1.29, 1.82) is 0 Å². The molecule has 7 heteroatoms. The van der Waals surface area contributed by atoms with E-state index in [9.17, 15) is 14.4 Å². The monoisotopic (exact) mass is 272 g/mol. The van der Waals surface area contributed by atoms with Gasteiger partial charge in [0, 0.05) is 6.54 Å². The van der Waals surface area contributed by atoms with Gasteiger partial charge in [0.25, 0.3) is 0 Å². The second-order valence-corrected chi connectivity index (χ2v) is 5.00. The molecule has 0 aromatic rings. The van der Waals surface area contributed by atoms with Crippen molar-refractivity contribution in [2.24, 2.45) is 5.41 Å². The third-order valence-corrected chi connectivity index (χ3v) is 3.47. The van der Waals surface area contributed by atoms with Crippen LogP contribution in [0.4, 0.5) is 4.79 Å². The van der Waals surface area contributed by atoms with Crippen LogP contribution in [0.2, 0.25) is 0 Å². The van der Waals surface area contributed by atoms with Crippen LogP contribution >= 0.6 is 0 Å². The topological polar surface area (TPSA) is 105 Å². The Balaban J connectivity index is 2.37. The van der Waals surface area contributed by atoms with E-state index in [0.717, 1.165) is 19.3 Å². The van der Waals surface area contributed by atoms with E-state index in [1.807, 2.05) is 0 Å². The van der Waals surface area contributed by atoms with Gasteiger partial charge < -0.3 is 20.5 Å². The van der Waals surface area contributed by atoms with Crippen LogP contribution < -0.4 is 10.6 Å². The molecule has 0 bridgehead atoms. The Morgan fingerprint density at radius 3 is 2.42 bits per heavy atom. The molecule has 1 unspecified atom stereocenters. The average molecular weight is 272 g/mol. The zero-order chi connectivity index (χ0) is 14.5. The van der Waals surface area contributed by atoms with Crippen molar-refractivity contribution in [1.82, 2.24) is 10.6 Å². The van der Waals surface area contributed by atoms with Gasteiger partial charge in [-0.2, -0.15) is 0 Å². The number of aliphatic carboxylic acids is 1. The van der Waals surface area contributed by atoms with E-state index in [1.165, 1.54) is 14.0 Å². The number of carbonyl (C=O) groups excluding carboxylic acids is 2. The van der Waals surface area contributed by atoms with E-state index in [1.54, 1.807) is 0 Å². The molecule has 3 N–H and O–H groups in total. The Morgan fingerprint density at radius 1 is 1.37 bits per heavy atom. The molecule has 1 saturated carbocycles. The molecule has 0 radical (unpaired) electrons. The summed E-state index contributed by atoms with van der Waals surface area (Å²) < 4.78 is 4.48. The molecule has 1 rings (SSSR count). The lowest BCUT2D eigenvalue weighted by atomic mass is 9.66. The van der Waals surface area contributed by atoms with Crippen LogP contribution in [0.1, 0.15) is 32.6 Å². The van der Waals surface area contributed by atoms with Crippen LogP contribution in [-0.4, -0.2) is 42.8 Å². The summed E-state index contributed by atoms with van der Waals surface area (Å²) >= 11 is 0. The molecule has 1 atom stereocenters. The maximum absolute atomic E-state index is 11.6. The molecular formula is C12H20N2O5. The van der Waals surface area contributed by atoms with Gasteiger partial charge in [0.1, 0.15) is 6.04 Å². The zero-order valence-electron chi connectivity index (χ0n) is 11.2. The molecule has 1 aliphatic carbocycles. The number of nitrogens with one attached hydrogen (secondary N) is 2. The number of carboxylic acids is 1. The molecule has 1 aliphatic rings. The minimum absolute atomic E-state index is 0.0554. The quantitative estimate of drug-likeness (QED) is 0.610. The van der Waals surface area contributed by atoms with Gasteiger partial charge >= 0.3 is 18.0 Å². The predicted molar refractivity (Wildman–Crippen MR) is 66.5 cm³/mol. The highest BCUT2D eigenvalue weighted by Crippen LogP contribution is 2.43. The van der Waals surface area contributed by atoms with Crippen molar-refractivity contribution in [3.05, 3.63) is 0 Å². The van der Waals surface area contributed by atoms with Crippen molar-refractivity contribution < 1.29 is 24.2 Å². The smallest absolute Gasteiger partial charge is 0.328 e. The Bertz CT molecular complexity index is 365. The first-order chi connectivity index (χ1) is 8.88. The molecule has 0 saturated heterocycles. The number of carboxylic acid groups (broad SMARTS) is 1. The van der Waals surface area contributed by atoms with Gasteiger partial charge in [0.15, 0.2) is 0 Å². The Morgan fingerprint density at radius 2 is 2.00 bits per heavy atom. The molecule has 1 fully saturated rings. The van der Waals surface area contributed by atoms with E-state index in [-0.39, 0.29) is 11.8 Å². The summed E-state index contributed by atoms with van der Waals surface area (Å²) in [7, 11) is 1.24. The average Bonchev–Trinajstić information content (AvgIpc) is 2.30. The number of hydrogen-bond acceptors (Lipinski definition) is 4. The maximum atomic E-state index is 11.6. The number of carbonyl (C=O) groups is 3. The molecule has 108 valence electrons. The van der Waals surface area contributed by atoms with E-state index in [4.69, 9.17) is 5.11 Å². The highest BCUT2D eigenvalue weighted by Gasteiger charge is 2.39. The number of ether oxygens (including phenoxy) is 1. The van der Waals surface area contributed by atoms with Crippen molar-refractivity contribution in [2.45, 2.75) is 38.6 Å². The van der Waals surface area contributed by atoms with E-state index < -0.39 is 24.0 Å². The van der Waals surface area contributed by atoms with Gasteiger partial charge in [0.05, 0.1) is 13.5 Å². The van der Waals surface area contributed by atoms with Gasteiger partial charge in [-0.1, -0.05) is 6.42 Å². The number of hydrogen-bond donors (Lipinski definition) is 3. The van der Waals surface area contributed by atoms with E-state index in [2.05, 4.69) is 15.4 Å².